The number of aliphatic hydroxyl groups is 1. The number of amides is 1. The number of hydrogen-bond donors (Lipinski definition) is 2. The molecule has 0 bridgehead atoms. The van der Waals surface area contributed by atoms with Gasteiger partial charge in [0.05, 0.1) is 0 Å². The Labute approximate surface area is 127 Å². The molecule has 0 saturated heterocycles. The van der Waals surface area contributed by atoms with Gasteiger partial charge in [0.25, 0.3) is 5.91 Å². The van der Waals surface area contributed by atoms with Gasteiger partial charge in [-0.15, -0.1) is 10.2 Å². The number of aromatic nitrogens is 2. The summed E-state index contributed by atoms with van der Waals surface area (Å²) in [5, 5.41) is 18.9. The van der Waals surface area contributed by atoms with Crippen LogP contribution >= 0.6 is 11.8 Å². The molecule has 0 saturated carbocycles. The monoisotopic (exact) mass is 307 g/mol. The summed E-state index contributed by atoms with van der Waals surface area (Å²) in [7, 11) is 0. The zero-order valence-corrected chi connectivity index (χ0v) is 12.3. The molecule has 6 nitrogen and oxygen atoms in total. The zero-order valence-electron chi connectivity index (χ0n) is 11.5. The van der Waals surface area contributed by atoms with E-state index in [1.807, 2.05) is 0 Å². The number of benzene rings is 1. The number of nitrogens with zero attached hydrogens (tertiary/aromatic N) is 2. The van der Waals surface area contributed by atoms with Gasteiger partial charge in [0.2, 0.25) is 12.3 Å². The Morgan fingerprint density at radius 3 is 2.76 bits per heavy atom. The Morgan fingerprint density at radius 1 is 1.29 bits per heavy atom. The quantitative estimate of drug-likeness (QED) is 0.720. The molecule has 2 N–H and O–H groups in total. The van der Waals surface area contributed by atoms with E-state index in [0.29, 0.717) is 18.0 Å². The smallest absolute Gasteiger partial charge is 0.251 e. The number of nitrogens with one attached hydrogen (secondary N) is 1. The van der Waals surface area contributed by atoms with Gasteiger partial charge in [0.1, 0.15) is 0 Å². The van der Waals surface area contributed by atoms with Gasteiger partial charge in [-0.1, -0.05) is 0 Å². The molecule has 21 heavy (non-hydrogen) atoms. The molecule has 0 fully saturated rings. The van der Waals surface area contributed by atoms with Gasteiger partial charge >= 0.3 is 0 Å². The van der Waals surface area contributed by atoms with Gasteiger partial charge in [-0.3, -0.25) is 4.79 Å². The van der Waals surface area contributed by atoms with E-state index in [4.69, 9.17) is 9.52 Å². The summed E-state index contributed by atoms with van der Waals surface area (Å²) in [6, 6.07) is 7.01. The first-order chi connectivity index (χ1) is 10.3. The van der Waals surface area contributed by atoms with Gasteiger partial charge in [-0.05, 0) is 36.4 Å². The maximum absolute atomic E-state index is 11.9. The third-order valence-electron chi connectivity index (χ3n) is 2.73. The van der Waals surface area contributed by atoms with E-state index in [-0.39, 0.29) is 12.5 Å². The minimum absolute atomic E-state index is 0.102. The third kappa shape index (κ3) is 4.87. The zero-order chi connectivity index (χ0) is 14.9. The molecule has 0 atom stereocenters. The van der Waals surface area contributed by atoms with E-state index in [1.54, 1.807) is 36.0 Å². The molecule has 0 aliphatic heterocycles. The van der Waals surface area contributed by atoms with Crippen molar-refractivity contribution in [2.24, 2.45) is 0 Å². The van der Waals surface area contributed by atoms with Gasteiger partial charge in [0, 0.05) is 30.0 Å². The molecule has 0 unspecified atom stereocenters. The topological polar surface area (TPSA) is 88.2 Å². The SMILES string of the molecule is O=C(NCCSCCCO)c1ccc(-c2nnco2)cc1. The summed E-state index contributed by atoms with van der Waals surface area (Å²) in [4.78, 5) is 11.9. The van der Waals surface area contributed by atoms with Crippen molar-refractivity contribution >= 4 is 17.7 Å². The molecule has 1 aromatic heterocycles. The van der Waals surface area contributed by atoms with Crippen molar-refractivity contribution in [3.8, 4) is 11.5 Å². The van der Waals surface area contributed by atoms with Crippen LogP contribution in [0.25, 0.3) is 11.5 Å². The predicted octanol–water partition coefficient (Wildman–Crippen LogP) is 1.58. The maximum Gasteiger partial charge on any atom is 0.251 e. The molecular formula is C14H17N3O3S. The van der Waals surface area contributed by atoms with Crippen LogP contribution in [0.3, 0.4) is 0 Å². The lowest BCUT2D eigenvalue weighted by Crippen LogP contribution is -2.25. The van der Waals surface area contributed by atoms with Crippen LogP contribution in [0.1, 0.15) is 16.8 Å². The van der Waals surface area contributed by atoms with E-state index >= 15 is 0 Å². The molecule has 2 aromatic rings. The molecule has 0 aliphatic carbocycles. The summed E-state index contributed by atoms with van der Waals surface area (Å²) in [5.74, 6) is 2.08. The van der Waals surface area contributed by atoms with Crippen molar-refractivity contribution < 1.29 is 14.3 Å². The van der Waals surface area contributed by atoms with Gasteiger partial charge in [0.15, 0.2) is 0 Å². The van der Waals surface area contributed by atoms with E-state index in [2.05, 4.69) is 15.5 Å². The fourth-order valence-corrected chi connectivity index (χ4v) is 2.45. The standard InChI is InChI=1S/C14H17N3O3S/c18-7-1-8-21-9-6-15-13(19)11-2-4-12(5-3-11)14-17-16-10-20-14/h2-5,10,18H,1,6-9H2,(H,15,19). The third-order valence-corrected chi connectivity index (χ3v) is 3.80. The maximum atomic E-state index is 11.9. The molecule has 2 rings (SSSR count). The van der Waals surface area contributed by atoms with Crippen LogP contribution in [0.5, 0.6) is 0 Å². The highest BCUT2D eigenvalue weighted by atomic mass is 32.2. The number of hydrogen-bond acceptors (Lipinski definition) is 6. The Kier molecular flexibility index (Phi) is 6.23. The molecule has 1 heterocycles. The van der Waals surface area contributed by atoms with Crippen molar-refractivity contribution in [3.05, 3.63) is 36.2 Å². The molecular weight excluding hydrogens is 290 g/mol. The lowest BCUT2D eigenvalue weighted by atomic mass is 10.1. The van der Waals surface area contributed by atoms with Gasteiger partial charge in [-0.25, -0.2) is 0 Å². The minimum atomic E-state index is -0.102. The van der Waals surface area contributed by atoms with E-state index < -0.39 is 0 Å². The lowest BCUT2D eigenvalue weighted by Gasteiger charge is -2.05. The highest BCUT2D eigenvalue weighted by Crippen LogP contribution is 2.16. The number of aliphatic hydroxyl groups excluding tert-OH is 1. The summed E-state index contributed by atoms with van der Waals surface area (Å²) in [6.45, 7) is 0.825. The van der Waals surface area contributed by atoms with Crippen molar-refractivity contribution in [2.45, 2.75) is 6.42 Å². The highest BCUT2D eigenvalue weighted by molar-refractivity contribution is 7.99. The first kappa shape index (κ1) is 15.5. The van der Waals surface area contributed by atoms with Crippen molar-refractivity contribution in [1.29, 1.82) is 0 Å². The Balaban J connectivity index is 1.78. The second kappa shape index (κ2) is 8.43. The van der Waals surface area contributed by atoms with E-state index in [9.17, 15) is 4.79 Å². The highest BCUT2D eigenvalue weighted by Gasteiger charge is 2.07. The normalized spacial score (nSPS) is 10.5. The fourth-order valence-electron chi connectivity index (χ4n) is 1.67. The summed E-state index contributed by atoms with van der Waals surface area (Å²) in [5.41, 5.74) is 1.38. The fraction of sp³-hybridized carbons (Fsp3) is 0.357. The van der Waals surface area contributed by atoms with Crippen molar-refractivity contribution in [3.63, 3.8) is 0 Å². The van der Waals surface area contributed by atoms with Crippen molar-refractivity contribution in [1.82, 2.24) is 15.5 Å². The molecule has 7 heteroatoms. The Bertz CT molecular complexity index is 543. The largest absolute Gasteiger partial charge is 0.423 e. The molecule has 1 aromatic carbocycles. The van der Waals surface area contributed by atoms with Crippen LogP contribution in [-0.4, -0.2) is 45.9 Å². The second-order valence-electron chi connectivity index (χ2n) is 4.27. The Hall–Kier alpha value is -1.86. The molecule has 0 spiro atoms. The second-order valence-corrected chi connectivity index (χ2v) is 5.49. The minimum Gasteiger partial charge on any atom is -0.423 e. The molecule has 112 valence electrons. The molecule has 1 amide bonds. The van der Waals surface area contributed by atoms with E-state index in [0.717, 1.165) is 23.5 Å². The first-order valence-electron chi connectivity index (χ1n) is 6.64. The van der Waals surface area contributed by atoms with Crippen LogP contribution in [0.4, 0.5) is 0 Å². The van der Waals surface area contributed by atoms with Crippen LogP contribution < -0.4 is 5.32 Å². The van der Waals surface area contributed by atoms with Crippen LogP contribution in [0.15, 0.2) is 35.1 Å². The van der Waals surface area contributed by atoms with E-state index in [1.165, 1.54) is 6.39 Å². The average Bonchev–Trinajstić information content (AvgIpc) is 3.05. The number of carbonyl (C=O) groups excluding carboxylic acids is 1. The van der Waals surface area contributed by atoms with Gasteiger partial charge < -0.3 is 14.8 Å². The summed E-state index contributed by atoms with van der Waals surface area (Å²) >= 11 is 1.71. The number of thioether (sulfide) groups is 1. The molecule has 0 aliphatic rings. The summed E-state index contributed by atoms with van der Waals surface area (Å²) < 4.78 is 5.09. The van der Waals surface area contributed by atoms with Crippen LogP contribution in [-0.2, 0) is 0 Å². The summed E-state index contributed by atoms with van der Waals surface area (Å²) in [6.07, 6.45) is 2.06. The predicted molar refractivity (Wildman–Crippen MR) is 81.1 cm³/mol. The Morgan fingerprint density at radius 2 is 2.10 bits per heavy atom. The number of carbonyl (C=O) groups is 1. The van der Waals surface area contributed by atoms with Crippen LogP contribution in [0.2, 0.25) is 0 Å². The van der Waals surface area contributed by atoms with Crippen molar-refractivity contribution in [2.75, 3.05) is 24.7 Å². The van der Waals surface area contributed by atoms with Crippen LogP contribution in [0, 0.1) is 0 Å². The first-order valence-corrected chi connectivity index (χ1v) is 7.80. The van der Waals surface area contributed by atoms with Gasteiger partial charge in [-0.2, -0.15) is 11.8 Å². The average molecular weight is 307 g/mol. The molecule has 0 radical (unpaired) electrons. The number of rotatable bonds is 8. The lowest BCUT2D eigenvalue weighted by molar-refractivity contribution is 0.0956.